The van der Waals surface area contributed by atoms with Crippen molar-refractivity contribution in [1.29, 1.82) is 0 Å². The van der Waals surface area contributed by atoms with E-state index in [-0.39, 0.29) is 6.61 Å². The zero-order valence-electron chi connectivity index (χ0n) is 9.70. The molecule has 4 heteroatoms. The van der Waals surface area contributed by atoms with Crippen LogP contribution in [0.5, 0.6) is 0 Å². The summed E-state index contributed by atoms with van der Waals surface area (Å²) in [4.78, 5) is 2.14. The summed E-state index contributed by atoms with van der Waals surface area (Å²) in [6.45, 7) is 2.46. The lowest BCUT2D eigenvalue weighted by molar-refractivity contribution is 0.115. The molecule has 0 saturated carbocycles. The minimum Gasteiger partial charge on any atom is -0.396 e. The number of hydrogen-bond donors (Lipinski definition) is 1. The zero-order chi connectivity index (χ0) is 12.3. The molecule has 2 nitrogen and oxygen atoms in total. The monoisotopic (exact) mass is 241 g/mol. The van der Waals surface area contributed by atoms with E-state index in [4.69, 9.17) is 5.11 Å². The van der Waals surface area contributed by atoms with Crippen molar-refractivity contribution in [3.63, 3.8) is 0 Å². The molecule has 1 aromatic rings. The predicted molar refractivity (Wildman–Crippen MR) is 61.4 cm³/mol. The van der Waals surface area contributed by atoms with Crippen molar-refractivity contribution >= 4 is 0 Å². The van der Waals surface area contributed by atoms with E-state index in [0.717, 1.165) is 32.0 Å². The lowest BCUT2D eigenvalue weighted by atomic mass is 9.98. The van der Waals surface area contributed by atoms with Crippen LogP contribution >= 0.6 is 0 Å². The minimum atomic E-state index is -0.532. The number of aliphatic hydroxyl groups excluding tert-OH is 1. The van der Waals surface area contributed by atoms with E-state index in [1.165, 1.54) is 12.1 Å². The Kier molecular flexibility index (Phi) is 4.07. The highest BCUT2D eigenvalue weighted by Gasteiger charge is 2.19. The van der Waals surface area contributed by atoms with E-state index in [9.17, 15) is 8.78 Å². The van der Waals surface area contributed by atoms with Crippen molar-refractivity contribution in [3.05, 3.63) is 35.4 Å². The second-order valence-corrected chi connectivity index (χ2v) is 4.70. The van der Waals surface area contributed by atoms with Crippen LogP contribution in [0, 0.1) is 17.6 Å². The molecule has 2 rings (SSSR count). The van der Waals surface area contributed by atoms with E-state index in [2.05, 4.69) is 4.90 Å². The summed E-state index contributed by atoms with van der Waals surface area (Å²) in [5, 5.41) is 9.12. The number of nitrogens with zero attached hydrogens (tertiary/aromatic N) is 1. The van der Waals surface area contributed by atoms with E-state index < -0.39 is 11.6 Å². The minimum absolute atomic E-state index is 0.189. The highest BCUT2D eigenvalue weighted by molar-refractivity contribution is 5.17. The van der Waals surface area contributed by atoms with Crippen molar-refractivity contribution < 1.29 is 13.9 Å². The van der Waals surface area contributed by atoms with Gasteiger partial charge in [0.15, 0.2) is 0 Å². The Morgan fingerprint density at radius 1 is 1.24 bits per heavy atom. The van der Waals surface area contributed by atoms with Crippen molar-refractivity contribution in [3.8, 4) is 0 Å². The van der Waals surface area contributed by atoms with Crippen LogP contribution in [0.25, 0.3) is 0 Å². The van der Waals surface area contributed by atoms with E-state index in [1.807, 2.05) is 0 Å². The lowest BCUT2D eigenvalue weighted by Gasteiger charge is -2.31. The topological polar surface area (TPSA) is 23.5 Å². The van der Waals surface area contributed by atoms with Gasteiger partial charge in [0.2, 0.25) is 0 Å². The van der Waals surface area contributed by atoms with Gasteiger partial charge in [-0.05, 0) is 43.0 Å². The van der Waals surface area contributed by atoms with Crippen LogP contribution in [0.4, 0.5) is 8.78 Å². The van der Waals surface area contributed by atoms with Gasteiger partial charge < -0.3 is 5.11 Å². The Hall–Kier alpha value is -1.00. The first kappa shape index (κ1) is 12.5. The van der Waals surface area contributed by atoms with Crippen LogP contribution in [0.2, 0.25) is 0 Å². The molecule has 0 aromatic heterocycles. The average molecular weight is 241 g/mol. The Labute approximate surface area is 99.9 Å². The first-order chi connectivity index (χ1) is 8.17. The van der Waals surface area contributed by atoms with Gasteiger partial charge in [-0.3, -0.25) is 4.90 Å². The smallest absolute Gasteiger partial charge is 0.126 e. The van der Waals surface area contributed by atoms with Crippen LogP contribution in [0.3, 0.4) is 0 Å². The maximum Gasteiger partial charge on any atom is 0.126 e. The second-order valence-electron chi connectivity index (χ2n) is 4.70. The summed E-state index contributed by atoms with van der Waals surface area (Å²) in [7, 11) is 0. The number of rotatable bonds is 3. The Morgan fingerprint density at radius 3 is 2.59 bits per heavy atom. The van der Waals surface area contributed by atoms with E-state index in [0.29, 0.717) is 18.0 Å². The average Bonchev–Trinajstić information content (AvgIpc) is 2.28. The molecule has 17 heavy (non-hydrogen) atoms. The molecule has 1 aliphatic heterocycles. The van der Waals surface area contributed by atoms with Gasteiger partial charge in [-0.25, -0.2) is 8.78 Å². The molecule has 1 atom stereocenters. The van der Waals surface area contributed by atoms with Crippen molar-refractivity contribution in [1.82, 2.24) is 4.90 Å². The number of benzene rings is 1. The van der Waals surface area contributed by atoms with E-state index in [1.54, 1.807) is 0 Å². The van der Waals surface area contributed by atoms with Gasteiger partial charge in [0.25, 0.3) is 0 Å². The molecule has 0 aliphatic carbocycles. The zero-order valence-corrected chi connectivity index (χ0v) is 9.70. The van der Waals surface area contributed by atoms with Crippen LogP contribution in [0.1, 0.15) is 18.4 Å². The highest BCUT2D eigenvalue weighted by atomic mass is 19.1. The summed E-state index contributed by atoms with van der Waals surface area (Å²) < 4.78 is 26.1. The molecule has 1 aromatic carbocycles. The standard InChI is InChI=1S/C13H17F2NO/c14-12-4-11(5-13(15)6-12)8-16-3-1-2-10(7-16)9-17/h4-6,10,17H,1-3,7-9H2/t10-/m0/s1. The van der Waals surface area contributed by atoms with Gasteiger partial charge in [-0.15, -0.1) is 0 Å². The maximum absolute atomic E-state index is 13.0. The van der Waals surface area contributed by atoms with Gasteiger partial charge in [-0.1, -0.05) is 0 Å². The van der Waals surface area contributed by atoms with Crippen LogP contribution in [0.15, 0.2) is 18.2 Å². The number of likely N-dealkylation sites (tertiary alicyclic amines) is 1. The predicted octanol–water partition coefficient (Wildman–Crippen LogP) is 2.17. The van der Waals surface area contributed by atoms with Gasteiger partial charge in [0, 0.05) is 25.8 Å². The fourth-order valence-electron chi connectivity index (χ4n) is 2.40. The summed E-state index contributed by atoms with van der Waals surface area (Å²) in [6.07, 6.45) is 2.06. The van der Waals surface area contributed by atoms with Gasteiger partial charge in [0.05, 0.1) is 0 Å². The summed E-state index contributed by atoms with van der Waals surface area (Å²) >= 11 is 0. The molecule has 0 spiro atoms. The molecular formula is C13H17F2NO. The number of aliphatic hydroxyl groups is 1. The molecule has 1 fully saturated rings. The third-order valence-electron chi connectivity index (χ3n) is 3.19. The molecule has 94 valence electrons. The Balaban J connectivity index is 2.00. The summed E-state index contributed by atoms with van der Waals surface area (Å²) in [5.41, 5.74) is 0.654. The van der Waals surface area contributed by atoms with Gasteiger partial charge in [-0.2, -0.15) is 0 Å². The van der Waals surface area contributed by atoms with Crippen LogP contribution in [-0.2, 0) is 6.54 Å². The quantitative estimate of drug-likeness (QED) is 0.876. The van der Waals surface area contributed by atoms with Crippen molar-refractivity contribution in [2.75, 3.05) is 19.7 Å². The molecule has 1 saturated heterocycles. The van der Waals surface area contributed by atoms with Crippen molar-refractivity contribution in [2.45, 2.75) is 19.4 Å². The van der Waals surface area contributed by atoms with Crippen LogP contribution < -0.4 is 0 Å². The number of hydrogen-bond acceptors (Lipinski definition) is 2. The molecule has 0 bridgehead atoms. The highest BCUT2D eigenvalue weighted by Crippen LogP contribution is 2.18. The summed E-state index contributed by atoms with van der Waals surface area (Å²) in [5.74, 6) is -0.770. The lowest BCUT2D eigenvalue weighted by Crippen LogP contribution is -2.36. The molecular weight excluding hydrogens is 224 g/mol. The first-order valence-electron chi connectivity index (χ1n) is 5.95. The molecule has 1 aliphatic rings. The SMILES string of the molecule is OC[C@H]1CCCN(Cc2cc(F)cc(F)c2)C1. The maximum atomic E-state index is 13.0. The third kappa shape index (κ3) is 3.48. The molecule has 1 heterocycles. The van der Waals surface area contributed by atoms with Crippen LogP contribution in [-0.4, -0.2) is 29.7 Å². The normalized spacial score (nSPS) is 21.7. The molecule has 0 radical (unpaired) electrons. The van der Waals surface area contributed by atoms with Crippen molar-refractivity contribution in [2.24, 2.45) is 5.92 Å². The third-order valence-corrected chi connectivity index (χ3v) is 3.19. The fourth-order valence-corrected chi connectivity index (χ4v) is 2.40. The van der Waals surface area contributed by atoms with Gasteiger partial charge in [0.1, 0.15) is 11.6 Å². The largest absolute Gasteiger partial charge is 0.396 e. The Morgan fingerprint density at radius 2 is 1.94 bits per heavy atom. The van der Waals surface area contributed by atoms with E-state index >= 15 is 0 Å². The molecule has 0 amide bonds. The second kappa shape index (κ2) is 5.56. The Bertz CT molecular complexity index is 363. The number of piperidine rings is 1. The fraction of sp³-hybridized carbons (Fsp3) is 0.538. The van der Waals surface area contributed by atoms with Gasteiger partial charge >= 0.3 is 0 Å². The first-order valence-corrected chi connectivity index (χ1v) is 5.95. The molecule has 1 N–H and O–H groups in total. The summed E-state index contributed by atoms with van der Waals surface area (Å²) in [6, 6.07) is 3.62. The number of halogens is 2. The molecule has 0 unspecified atom stereocenters.